The second kappa shape index (κ2) is 23.0. The molecular formula is C25H53O3P. The normalized spacial score (nSPS) is 12.4. The maximum absolute atomic E-state index is 8.81. The van der Waals surface area contributed by atoms with Gasteiger partial charge in [0.1, 0.15) is 0 Å². The Kier molecular flexibility index (Phi) is 23.2. The van der Waals surface area contributed by atoms with E-state index in [4.69, 9.17) is 15.3 Å². The highest BCUT2D eigenvalue weighted by Gasteiger charge is 2.16. The summed E-state index contributed by atoms with van der Waals surface area (Å²) in [4.78, 5) is 0. The predicted molar refractivity (Wildman–Crippen MR) is 130 cm³/mol. The van der Waals surface area contributed by atoms with Crippen molar-refractivity contribution >= 4 is 8.58 Å². The molecule has 29 heavy (non-hydrogen) atoms. The van der Waals surface area contributed by atoms with Crippen LogP contribution in [-0.2, 0) is 0 Å². The highest BCUT2D eigenvalue weighted by atomic mass is 31.1. The van der Waals surface area contributed by atoms with E-state index in [2.05, 4.69) is 6.92 Å². The van der Waals surface area contributed by atoms with Crippen LogP contribution in [0, 0.1) is 0 Å². The Morgan fingerprint density at radius 3 is 0.897 bits per heavy atom. The SMILES string of the molecule is CCCCCCCCCCCCCCCCCCCCCCCCPC(O)(O)O. The van der Waals surface area contributed by atoms with Gasteiger partial charge < -0.3 is 15.3 Å². The summed E-state index contributed by atoms with van der Waals surface area (Å²) in [5.41, 5.74) is -2.44. The van der Waals surface area contributed by atoms with Crippen LogP contribution in [0.4, 0.5) is 0 Å². The van der Waals surface area contributed by atoms with E-state index in [1.807, 2.05) is 0 Å². The zero-order chi connectivity index (χ0) is 21.5. The van der Waals surface area contributed by atoms with Crippen LogP contribution in [-0.4, -0.2) is 27.2 Å². The van der Waals surface area contributed by atoms with Crippen molar-refractivity contribution in [2.45, 2.75) is 154 Å². The van der Waals surface area contributed by atoms with Crippen LogP contribution in [0.15, 0.2) is 0 Å². The molecule has 1 unspecified atom stereocenters. The average Bonchev–Trinajstić information content (AvgIpc) is 2.67. The molecule has 0 aliphatic heterocycles. The van der Waals surface area contributed by atoms with Gasteiger partial charge in [0.15, 0.2) is 0 Å². The van der Waals surface area contributed by atoms with Gasteiger partial charge in [-0.2, -0.15) is 0 Å². The van der Waals surface area contributed by atoms with Gasteiger partial charge in [-0.15, -0.1) is 0 Å². The first-order valence-corrected chi connectivity index (χ1v) is 14.2. The molecule has 0 aliphatic rings. The van der Waals surface area contributed by atoms with Crippen molar-refractivity contribution in [1.29, 1.82) is 0 Å². The molecule has 0 aliphatic carbocycles. The predicted octanol–water partition coefficient (Wildman–Crippen LogP) is 7.86. The standard InChI is InChI=1S/C25H53O3P/c1-2-3-4-5-6-7-8-9-10-11-12-13-14-15-16-17-18-19-20-21-22-23-24-29-25(26,27)28/h26-29H,2-24H2,1H3. The van der Waals surface area contributed by atoms with E-state index < -0.39 is 5.71 Å². The fourth-order valence-corrected chi connectivity index (χ4v) is 4.75. The van der Waals surface area contributed by atoms with Crippen LogP contribution < -0.4 is 0 Å². The van der Waals surface area contributed by atoms with E-state index >= 15 is 0 Å². The van der Waals surface area contributed by atoms with E-state index in [1.165, 1.54) is 128 Å². The molecule has 3 nitrogen and oxygen atoms in total. The summed E-state index contributed by atoms with van der Waals surface area (Å²) < 4.78 is 0. The molecule has 0 amide bonds. The molecule has 0 saturated carbocycles. The average molecular weight is 433 g/mol. The Morgan fingerprint density at radius 1 is 0.414 bits per heavy atom. The lowest BCUT2D eigenvalue weighted by Gasteiger charge is -2.13. The van der Waals surface area contributed by atoms with E-state index in [0.29, 0.717) is 6.16 Å². The number of unbranched alkanes of at least 4 members (excludes halogenated alkanes) is 21. The van der Waals surface area contributed by atoms with Crippen LogP contribution in [0.1, 0.15) is 148 Å². The number of rotatable bonds is 24. The summed E-state index contributed by atoms with van der Waals surface area (Å²) in [6, 6.07) is 0. The molecule has 0 heterocycles. The number of hydrogen-bond acceptors (Lipinski definition) is 3. The van der Waals surface area contributed by atoms with Gasteiger partial charge in [-0.3, -0.25) is 0 Å². The van der Waals surface area contributed by atoms with Crippen LogP contribution in [0.2, 0.25) is 0 Å². The van der Waals surface area contributed by atoms with Gasteiger partial charge in [-0.25, -0.2) is 0 Å². The van der Waals surface area contributed by atoms with Crippen molar-refractivity contribution in [1.82, 2.24) is 0 Å². The molecule has 0 rings (SSSR count). The Bertz CT molecular complexity index is 305. The van der Waals surface area contributed by atoms with Crippen molar-refractivity contribution in [3.63, 3.8) is 0 Å². The number of aliphatic hydroxyl groups is 3. The Balaban J connectivity index is 3.02. The molecule has 0 saturated heterocycles. The van der Waals surface area contributed by atoms with Crippen LogP contribution in [0.5, 0.6) is 0 Å². The Morgan fingerprint density at radius 2 is 0.655 bits per heavy atom. The van der Waals surface area contributed by atoms with Crippen molar-refractivity contribution in [2.75, 3.05) is 6.16 Å². The molecule has 0 fully saturated rings. The zero-order valence-corrected chi connectivity index (χ0v) is 20.6. The van der Waals surface area contributed by atoms with Gasteiger partial charge in [-0.1, -0.05) is 142 Å². The molecule has 0 aromatic heterocycles. The highest BCUT2D eigenvalue weighted by Crippen LogP contribution is 2.25. The summed E-state index contributed by atoms with van der Waals surface area (Å²) in [7, 11) is -0.182. The maximum atomic E-state index is 8.81. The molecule has 0 aromatic rings. The van der Waals surface area contributed by atoms with Crippen molar-refractivity contribution < 1.29 is 15.3 Å². The molecular weight excluding hydrogens is 379 g/mol. The van der Waals surface area contributed by atoms with Crippen LogP contribution in [0.3, 0.4) is 0 Å². The summed E-state index contributed by atoms with van der Waals surface area (Å²) in [5, 5.41) is 26.4. The van der Waals surface area contributed by atoms with Gasteiger partial charge in [0.25, 0.3) is 5.71 Å². The zero-order valence-electron chi connectivity index (χ0n) is 19.6. The lowest BCUT2D eigenvalue weighted by molar-refractivity contribution is -0.238. The van der Waals surface area contributed by atoms with E-state index in [0.717, 1.165) is 12.8 Å². The third-order valence-electron chi connectivity index (χ3n) is 5.89. The molecule has 3 N–H and O–H groups in total. The smallest absolute Gasteiger partial charge is 0.290 e. The first-order chi connectivity index (χ1) is 14.1. The summed E-state index contributed by atoms with van der Waals surface area (Å²) >= 11 is 0. The van der Waals surface area contributed by atoms with Crippen LogP contribution >= 0.6 is 8.58 Å². The van der Waals surface area contributed by atoms with E-state index in [-0.39, 0.29) is 8.58 Å². The molecule has 176 valence electrons. The van der Waals surface area contributed by atoms with Crippen molar-refractivity contribution in [3.8, 4) is 0 Å². The molecule has 4 heteroatoms. The molecule has 0 spiro atoms. The van der Waals surface area contributed by atoms with Gasteiger partial charge in [0.05, 0.1) is 0 Å². The molecule has 0 bridgehead atoms. The number of hydrogen-bond donors (Lipinski definition) is 3. The fraction of sp³-hybridized carbons (Fsp3) is 1.00. The summed E-state index contributed by atoms with van der Waals surface area (Å²) in [6.45, 7) is 2.29. The third-order valence-corrected chi connectivity index (χ3v) is 6.97. The summed E-state index contributed by atoms with van der Waals surface area (Å²) in [5.74, 6) is 0. The first kappa shape index (κ1) is 29.3. The Labute approximate surface area is 184 Å². The Hall–Kier alpha value is 0.310. The first-order valence-electron chi connectivity index (χ1n) is 13.0. The molecule has 0 aromatic carbocycles. The highest BCUT2D eigenvalue weighted by molar-refractivity contribution is 7.39. The monoisotopic (exact) mass is 432 g/mol. The topological polar surface area (TPSA) is 60.7 Å². The van der Waals surface area contributed by atoms with Gasteiger partial charge in [0.2, 0.25) is 0 Å². The van der Waals surface area contributed by atoms with E-state index in [9.17, 15) is 0 Å². The minimum Gasteiger partial charge on any atom is -0.340 e. The second-order valence-electron chi connectivity index (χ2n) is 8.99. The van der Waals surface area contributed by atoms with Gasteiger partial charge >= 0.3 is 0 Å². The van der Waals surface area contributed by atoms with E-state index in [1.54, 1.807) is 0 Å². The van der Waals surface area contributed by atoms with Crippen LogP contribution in [0.25, 0.3) is 0 Å². The quantitative estimate of drug-likeness (QED) is 0.0826. The van der Waals surface area contributed by atoms with Gasteiger partial charge in [-0.05, 0) is 21.2 Å². The second-order valence-corrected chi connectivity index (χ2v) is 10.5. The minimum atomic E-state index is -2.44. The maximum Gasteiger partial charge on any atom is 0.290 e. The largest absolute Gasteiger partial charge is 0.340 e. The van der Waals surface area contributed by atoms with Gasteiger partial charge in [0, 0.05) is 0 Å². The molecule has 0 radical (unpaired) electrons. The third kappa shape index (κ3) is 28.3. The minimum absolute atomic E-state index is 0.182. The summed E-state index contributed by atoms with van der Waals surface area (Å²) in [6.07, 6.45) is 31.0. The fourth-order valence-electron chi connectivity index (χ4n) is 3.99. The lowest BCUT2D eigenvalue weighted by atomic mass is 10.0. The van der Waals surface area contributed by atoms with Crippen molar-refractivity contribution in [3.05, 3.63) is 0 Å². The molecule has 1 atom stereocenters. The van der Waals surface area contributed by atoms with Crippen molar-refractivity contribution in [2.24, 2.45) is 0 Å². The lowest BCUT2D eigenvalue weighted by Crippen LogP contribution is -2.20.